The average molecular weight is 958 g/mol. The molecule has 0 bridgehead atoms. The highest BCUT2D eigenvalue weighted by Gasteiger charge is 2.44. The smallest absolute Gasteiger partial charge is 0.246 e. The summed E-state index contributed by atoms with van der Waals surface area (Å²) in [5.41, 5.74) is 9.09. The highest BCUT2D eigenvalue weighted by Crippen LogP contribution is 2.36. The first kappa shape index (κ1) is 51.9. The van der Waals surface area contributed by atoms with Crippen LogP contribution in [0.2, 0.25) is 0 Å². The van der Waals surface area contributed by atoms with Gasteiger partial charge in [-0.3, -0.25) is 19.2 Å². The number of phenolic OH excluding ortho intramolecular Hbond substituents is 2. The number of rotatable bonds is 21. The Hall–Kier alpha value is -6.51. The zero-order valence-electron chi connectivity index (χ0n) is 40.7. The van der Waals surface area contributed by atoms with Crippen molar-refractivity contribution in [3.8, 4) is 27.7 Å². The summed E-state index contributed by atoms with van der Waals surface area (Å²) in [6.07, 6.45) is 3.36. The molecule has 5 aromatic rings. The molecule has 6 rings (SSSR count). The number of ether oxygens (including phenoxy) is 1. The van der Waals surface area contributed by atoms with Gasteiger partial charge < -0.3 is 40.5 Å². The predicted octanol–water partition coefficient (Wildman–Crippen LogP) is 8.89. The predicted molar refractivity (Wildman–Crippen MR) is 271 cm³/mol. The molecule has 4 aromatic carbocycles. The van der Waals surface area contributed by atoms with Crippen LogP contribution < -0.4 is 15.4 Å². The van der Waals surface area contributed by atoms with Gasteiger partial charge in [0.15, 0.2) is 0 Å². The number of carbonyl (C=O) groups excluding carboxylic acids is 4. The third-order valence-electron chi connectivity index (χ3n) is 12.5. The van der Waals surface area contributed by atoms with Crippen molar-refractivity contribution in [2.75, 3.05) is 26.7 Å². The van der Waals surface area contributed by atoms with E-state index < -0.39 is 29.5 Å². The van der Waals surface area contributed by atoms with Gasteiger partial charge in [0, 0.05) is 39.4 Å². The molecule has 0 unspecified atom stereocenters. The summed E-state index contributed by atoms with van der Waals surface area (Å²) in [6, 6.07) is 28.2. The van der Waals surface area contributed by atoms with Crippen LogP contribution >= 0.6 is 11.3 Å². The van der Waals surface area contributed by atoms with Crippen molar-refractivity contribution < 1.29 is 39.2 Å². The average Bonchev–Trinajstić information content (AvgIpc) is 3.95. The van der Waals surface area contributed by atoms with E-state index in [4.69, 9.17) is 4.74 Å². The van der Waals surface area contributed by atoms with Crippen molar-refractivity contribution in [3.05, 3.63) is 131 Å². The van der Waals surface area contributed by atoms with Gasteiger partial charge >= 0.3 is 0 Å². The minimum atomic E-state index is -0.900. The maximum absolute atomic E-state index is 14.0. The Morgan fingerprint density at radius 3 is 2.01 bits per heavy atom. The molecular formula is C55H67N5O8S. The Kier molecular flexibility index (Phi) is 18.2. The highest BCUT2D eigenvalue weighted by molar-refractivity contribution is 7.13. The second-order valence-electron chi connectivity index (χ2n) is 18.8. The van der Waals surface area contributed by atoms with Crippen LogP contribution in [0, 0.1) is 12.3 Å². The molecule has 14 heteroatoms. The second-order valence-corrected chi connectivity index (χ2v) is 19.7. The van der Waals surface area contributed by atoms with Gasteiger partial charge in [0.1, 0.15) is 35.9 Å². The summed E-state index contributed by atoms with van der Waals surface area (Å²) in [6.45, 7) is 10.7. The van der Waals surface area contributed by atoms with Crippen LogP contribution in [0.1, 0.15) is 107 Å². The number of hydrogen-bond donors (Lipinski definition) is 5. The molecule has 3 atom stereocenters. The van der Waals surface area contributed by atoms with E-state index in [1.165, 1.54) is 4.90 Å². The van der Waals surface area contributed by atoms with E-state index in [0.717, 1.165) is 68.8 Å². The van der Waals surface area contributed by atoms with Crippen LogP contribution in [0.5, 0.6) is 17.2 Å². The molecule has 5 N–H and O–H groups in total. The number of amides is 4. The topological polar surface area (TPSA) is 182 Å². The maximum atomic E-state index is 14.0. The van der Waals surface area contributed by atoms with Crippen molar-refractivity contribution in [1.29, 1.82) is 0 Å². The van der Waals surface area contributed by atoms with Gasteiger partial charge in [-0.2, -0.15) is 0 Å². The number of β-amino-alcohol motifs (C(OH)–C–C–N with tert-alkyl or cyclic N) is 1. The van der Waals surface area contributed by atoms with E-state index >= 15 is 0 Å². The van der Waals surface area contributed by atoms with E-state index in [0.29, 0.717) is 38.2 Å². The molecule has 0 saturated carbocycles. The van der Waals surface area contributed by atoms with Gasteiger partial charge in [0.05, 0.1) is 28.7 Å². The molecule has 0 aliphatic carbocycles. The van der Waals surface area contributed by atoms with Crippen molar-refractivity contribution in [3.63, 3.8) is 0 Å². The number of benzene rings is 4. The third kappa shape index (κ3) is 14.3. The van der Waals surface area contributed by atoms with Crippen molar-refractivity contribution >= 4 is 46.1 Å². The van der Waals surface area contributed by atoms with Gasteiger partial charge in [-0.15, -0.1) is 11.3 Å². The lowest BCUT2D eigenvalue weighted by molar-refractivity contribution is -0.144. The number of unbranched alkanes of at least 4 members (excludes halogenated alkanes) is 3. The van der Waals surface area contributed by atoms with Gasteiger partial charge in [-0.05, 0) is 107 Å². The van der Waals surface area contributed by atoms with Crippen LogP contribution in [0.15, 0.2) is 103 Å². The summed E-state index contributed by atoms with van der Waals surface area (Å²) in [7, 11) is 1.76. The van der Waals surface area contributed by atoms with Crippen molar-refractivity contribution in [1.82, 2.24) is 25.4 Å². The van der Waals surface area contributed by atoms with E-state index in [1.807, 2.05) is 106 Å². The van der Waals surface area contributed by atoms with Crippen molar-refractivity contribution in [2.45, 2.75) is 111 Å². The van der Waals surface area contributed by atoms with E-state index in [-0.39, 0.29) is 55.2 Å². The largest absolute Gasteiger partial charge is 0.508 e. The van der Waals surface area contributed by atoms with Gasteiger partial charge in [0.25, 0.3) is 0 Å². The van der Waals surface area contributed by atoms with Crippen LogP contribution in [0.4, 0.5) is 0 Å². The lowest BCUT2D eigenvalue weighted by Gasteiger charge is -2.35. The van der Waals surface area contributed by atoms with Crippen LogP contribution in [-0.2, 0) is 25.7 Å². The van der Waals surface area contributed by atoms with E-state index in [9.17, 15) is 34.5 Å². The number of nitrogens with one attached hydrogen (secondary N) is 2. The van der Waals surface area contributed by atoms with E-state index in [2.05, 4.69) is 22.5 Å². The molecule has 366 valence electrons. The van der Waals surface area contributed by atoms with E-state index in [1.54, 1.807) is 47.5 Å². The molecule has 13 nitrogen and oxygen atoms in total. The molecule has 1 aliphatic heterocycles. The lowest BCUT2D eigenvalue weighted by Crippen LogP contribution is -2.57. The number of carbonyl (C=O) groups is 4. The number of likely N-dealkylation sites (N-methyl/N-ethyl adjacent to an activating group) is 1. The summed E-state index contributed by atoms with van der Waals surface area (Å²) in [5, 5.41) is 36.3. The standard InChI is InChI=1S/C55H67N5O8S/c1-7-46(38-18-24-42(61)25-19-38)50(39-20-26-43(62)27-21-39)40-22-28-45(29-23-40)68-31-30-59(6)49(65)13-11-9-8-10-12-48(64)58-52(55(3,4)5)54(67)60-34-44(63)32-47(60)53(66)56-33-37-14-16-41(17-15-37)51-36(2)57-35-69-51/h14-29,35,44,47,52,61-63H,7-13,30-34H2,1-6H3,(H,56,66)(H,58,64)/b50-46-/t44-,47+,52-/m1/s1. The number of likely N-dealkylation sites (tertiary alicyclic amines) is 1. The number of aromatic nitrogens is 1. The fourth-order valence-electron chi connectivity index (χ4n) is 8.59. The summed E-state index contributed by atoms with van der Waals surface area (Å²) in [4.78, 5) is 62.2. The molecule has 4 amide bonds. The zero-order valence-corrected chi connectivity index (χ0v) is 41.5. The summed E-state index contributed by atoms with van der Waals surface area (Å²) < 4.78 is 6.04. The summed E-state index contributed by atoms with van der Waals surface area (Å²) in [5.74, 6) is 0.0542. The number of aryl methyl sites for hydroxylation is 1. The summed E-state index contributed by atoms with van der Waals surface area (Å²) >= 11 is 1.57. The minimum absolute atomic E-state index is 0.00392. The number of aromatic hydroxyl groups is 2. The quantitative estimate of drug-likeness (QED) is 0.0355. The van der Waals surface area contributed by atoms with Crippen LogP contribution in [-0.4, -0.2) is 98.7 Å². The number of nitrogens with zero attached hydrogens (tertiary/aromatic N) is 3. The zero-order chi connectivity index (χ0) is 49.7. The maximum Gasteiger partial charge on any atom is 0.246 e. The number of hydrogen-bond acceptors (Lipinski definition) is 10. The number of phenols is 2. The lowest BCUT2D eigenvalue weighted by atomic mass is 9.85. The molecular weight excluding hydrogens is 891 g/mol. The number of aliphatic hydroxyl groups is 1. The monoisotopic (exact) mass is 957 g/mol. The molecule has 0 spiro atoms. The Bertz CT molecular complexity index is 2530. The molecule has 2 heterocycles. The fourth-order valence-corrected chi connectivity index (χ4v) is 9.41. The first-order valence-electron chi connectivity index (χ1n) is 23.9. The first-order valence-corrected chi connectivity index (χ1v) is 24.7. The number of thiazole rings is 1. The SMILES string of the molecule is CC/C(=C(\c1ccc(O)cc1)c1ccc(OCCN(C)C(=O)CCCCCCC(=O)N[C@H](C(=O)N2C[C@H](O)C[C@H]2C(=O)NCc2ccc(-c3scnc3C)cc2)C(C)(C)C)cc1)c1ccc(O)cc1. The van der Waals surface area contributed by atoms with Gasteiger partial charge in [-0.1, -0.05) is 101 Å². The Labute approximate surface area is 410 Å². The molecule has 0 radical (unpaired) electrons. The number of aliphatic hydroxyl groups excluding tert-OH is 1. The molecule has 1 aliphatic rings. The highest BCUT2D eigenvalue weighted by atomic mass is 32.1. The van der Waals surface area contributed by atoms with Crippen molar-refractivity contribution in [2.24, 2.45) is 5.41 Å². The molecule has 69 heavy (non-hydrogen) atoms. The van der Waals surface area contributed by atoms with Gasteiger partial charge in [-0.25, -0.2) is 4.98 Å². The number of allylic oxidation sites excluding steroid dienone is 1. The Morgan fingerprint density at radius 2 is 1.43 bits per heavy atom. The van der Waals surface area contributed by atoms with Crippen LogP contribution in [0.25, 0.3) is 21.6 Å². The minimum Gasteiger partial charge on any atom is -0.508 e. The third-order valence-corrected chi connectivity index (χ3v) is 13.5. The van der Waals surface area contributed by atoms with Crippen LogP contribution in [0.3, 0.4) is 0 Å². The fraction of sp³-hybridized carbons (Fsp3) is 0.400. The first-order chi connectivity index (χ1) is 33.0. The normalized spacial score (nSPS) is 15.6. The Balaban J connectivity index is 0.908. The molecule has 1 fully saturated rings. The molecule has 1 saturated heterocycles. The van der Waals surface area contributed by atoms with Gasteiger partial charge in [0.2, 0.25) is 23.6 Å². The Morgan fingerprint density at radius 1 is 0.841 bits per heavy atom. The second kappa shape index (κ2) is 24.2. The molecule has 1 aromatic heterocycles.